The van der Waals surface area contributed by atoms with E-state index in [1.54, 1.807) is 0 Å². The van der Waals surface area contributed by atoms with Gasteiger partial charge in [0.25, 0.3) is 0 Å². The molecule has 0 aromatic heterocycles. The van der Waals surface area contributed by atoms with Gasteiger partial charge in [0.15, 0.2) is 6.10 Å². The van der Waals surface area contributed by atoms with Gasteiger partial charge < -0.3 is 20.1 Å². The van der Waals surface area contributed by atoms with Gasteiger partial charge in [0.05, 0.1) is 13.2 Å². The molecule has 10 heteroatoms. The van der Waals surface area contributed by atoms with Gasteiger partial charge in [-0.15, -0.1) is 0 Å². The Kier molecular flexibility index (Phi) is 35.6. The molecule has 0 aliphatic heterocycles. The minimum absolute atomic E-state index is 0.0524. The summed E-state index contributed by atoms with van der Waals surface area (Å²) in [5.74, 6) is -0.878. The van der Waals surface area contributed by atoms with Crippen LogP contribution in [0, 0.1) is 0 Å². The van der Waals surface area contributed by atoms with E-state index in [0.717, 1.165) is 25.7 Å². The summed E-state index contributed by atoms with van der Waals surface area (Å²) in [5.41, 5.74) is 5.33. The van der Waals surface area contributed by atoms with E-state index < -0.39 is 32.5 Å². The molecule has 0 bridgehead atoms. The molecule has 0 fully saturated rings. The largest absolute Gasteiger partial charge is 0.472 e. The van der Waals surface area contributed by atoms with Crippen molar-refractivity contribution in [2.24, 2.45) is 5.73 Å². The van der Waals surface area contributed by atoms with E-state index in [1.165, 1.54) is 128 Å². The number of hydrogen-bond donors (Lipinski definition) is 2. The van der Waals surface area contributed by atoms with Crippen LogP contribution < -0.4 is 5.73 Å². The highest BCUT2D eigenvalue weighted by atomic mass is 31.2. The van der Waals surface area contributed by atoms with Gasteiger partial charge in [0, 0.05) is 19.4 Å². The van der Waals surface area contributed by atoms with Crippen LogP contribution in [0.5, 0.6) is 0 Å². The summed E-state index contributed by atoms with van der Waals surface area (Å²) in [7, 11) is -4.37. The zero-order chi connectivity index (χ0) is 36.1. The molecule has 49 heavy (non-hydrogen) atoms. The van der Waals surface area contributed by atoms with Crippen LogP contribution in [0.15, 0.2) is 12.2 Å². The van der Waals surface area contributed by atoms with Crippen LogP contribution in [0.2, 0.25) is 0 Å². The molecule has 0 amide bonds. The summed E-state index contributed by atoms with van der Waals surface area (Å²) in [4.78, 5) is 34.7. The maximum atomic E-state index is 12.5. The first kappa shape index (κ1) is 47.8. The lowest BCUT2D eigenvalue weighted by Gasteiger charge is -2.19. The lowest BCUT2D eigenvalue weighted by atomic mass is 10.0. The van der Waals surface area contributed by atoms with Crippen LogP contribution in [0.25, 0.3) is 0 Å². The average Bonchev–Trinajstić information content (AvgIpc) is 3.08. The molecule has 1 unspecified atom stereocenters. The summed E-state index contributed by atoms with van der Waals surface area (Å²) in [5, 5.41) is 0. The normalized spacial score (nSPS) is 13.5. The lowest BCUT2D eigenvalue weighted by Crippen LogP contribution is -2.29. The Labute approximate surface area is 300 Å². The van der Waals surface area contributed by atoms with Crippen LogP contribution in [0.3, 0.4) is 0 Å². The molecule has 9 nitrogen and oxygen atoms in total. The smallest absolute Gasteiger partial charge is 0.462 e. The van der Waals surface area contributed by atoms with E-state index >= 15 is 0 Å². The van der Waals surface area contributed by atoms with Crippen molar-refractivity contribution in [2.75, 3.05) is 26.4 Å². The minimum atomic E-state index is -4.37. The highest BCUT2D eigenvalue weighted by molar-refractivity contribution is 7.47. The monoisotopic (exact) mass is 718 g/mol. The van der Waals surface area contributed by atoms with Crippen molar-refractivity contribution in [3.8, 4) is 0 Å². The van der Waals surface area contributed by atoms with Gasteiger partial charge in [-0.2, -0.15) is 0 Å². The van der Waals surface area contributed by atoms with Crippen molar-refractivity contribution in [1.82, 2.24) is 0 Å². The standard InChI is InChI=1S/C39H76NO8P/c1-3-5-7-9-11-13-15-17-18-20-21-23-25-27-29-31-38(41)45-35-37(36-47-49(43,44)46-34-33-40)48-39(42)32-30-28-26-24-22-19-16-14-12-10-8-6-4-2/h25,27,37H,3-24,26,28-36,40H2,1-2H3,(H,43,44)/b27-25+/t37-/m1/s1. The van der Waals surface area contributed by atoms with E-state index in [-0.39, 0.29) is 32.6 Å². The molecule has 3 N–H and O–H groups in total. The Bertz CT molecular complexity index is 825. The number of allylic oxidation sites excluding steroid dienone is 2. The topological polar surface area (TPSA) is 134 Å². The number of rotatable bonds is 38. The molecule has 0 aliphatic rings. The fraction of sp³-hybridized carbons (Fsp3) is 0.897. The Hall–Kier alpha value is -1.25. The molecule has 0 heterocycles. The Morgan fingerprint density at radius 1 is 0.592 bits per heavy atom. The van der Waals surface area contributed by atoms with E-state index in [0.29, 0.717) is 12.8 Å². The van der Waals surface area contributed by atoms with Gasteiger partial charge >= 0.3 is 19.8 Å². The number of unbranched alkanes of at least 4 members (excludes halogenated alkanes) is 23. The maximum absolute atomic E-state index is 12.5. The number of carbonyl (C=O) groups is 2. The summed E-state index contributed by atoms with van der Waals surface area (Å²) >= 11 is 0. The molecule has 2 atom stereocenters. The molecule has 0 aromatic carbocycles. The van der Waals surface area contributed by atoms with Gasteiger partial charge in [-0.05, 0) is 25.7 Å². The molecule has 0 saturated carbocycles. The predicted molar refractivity (Wildman–Crippen MR) is 201 cm³/mol. The number of phosphoric ester groups is 1. The van der Waals surface area contributed by atoms with Gasteiger partial charge in [-0.1, -0.05) is 167 Å². The molecular weight excluding hydrogens is 641 g/mol. The highest BCUT2D eigenvalue weighted by Gasteiger charge is 2.25. The average molecular weight is 718 g/mol. The first-order valence-corrected chi connectivity index (χ1v) is 21.7. The van der Waals surface area contributed by atoms with Crippen LogP contribution in [0.4, 0.5) is 0 Å². The summed E-state index contributed by atoms with van der Waals surface area (Å²) < 4.78 is 32.6. The fourth-order valence-corrected chi connectivity index (χ4v) is 6.42. The quantitative estimate of drug-likeness (QED) is 0.0277. The van der Waals surface area contributed by atoms with Crippen molar-refractivity contribution >= 4 is 19.8 Å². The number of carbonyl (C=O) groups excluding carboxylic acids is 2. The van der Waals surface area contributed by atoms with E-state index in [2.05, 4.69) is 19.9 Å². The molecular formula is C39H76NO8P. The molecule has 290 valence electrons. The summed E-state index contributed by atoms with van der Waals surface area (Å²) in [6, 6.07) is 0. The first-order chi connectivity index (χ1) is 23.8. The zero-order valence-corrected chi connectivity index (χ0v) is 32.6. The third kappa shape index (κ3) is 36.3. The third-order valence-electron chi connectivity index (χ3n) is 8.66. The van der Waals surface area contributed by atoms with Crippen molar-refractivity contribution in [3.05, 3.63) is 12.2 Å². The maximum Gasteiger partial charge on any atom is 0.472 e. The highest BCUT2D eigenvalue weighted by Crippen LogP contribution is 2.43. The van der Waals surface area contributed by atoms with Crippen molar-refractivity contribution < 1.29 is 37.6 Å². The Balaban J connectivity index is 4.21. The number of esters is 2. The van der Waals surface area contributed by atoms with E-state index in [4.69, 9.17) is 24.3 Å². The van der Waals surface area contributed by atoms with Crippen molar-refractivity contribution in [2.45, 2.75) is 200 Å². The van der Waals surface area contributed by atoms with E-state index in [1.807, 2.05) is 6.08 Å². The van der Waals surface area contributed by atoms with Crippen LogP contribution in [-0.2, 0) is 32.7 Å². The second-order valence-corrected chi connectivity index (χ2v) is 15.0. The Morgan fingerprint density at radius 2 is 1.04 bits per heavy atom. The lowest BCUT2D eigenvalue weighted by molar-refractivity contribution is -0.161. The van der Waals surface area contributed by atoms with Gasteiger partial charge in [-0.3, -0.25) is 18.6 Å². The molecule has 0 aromatic rings. The molecule has 0 spiro atoms. The SMILES string of the molecule is CCCCCCCCCCCCC/C=C/CCC(=O)OC[C@H](COP(=O)(O)OCCN)OC(=O)CCCCCCCCCCCCCCC. The molecule has 0 rings (SSSR count). The Morgan fingerprint density at radius 3 is 1.53 bits per heavy atom. The number of nitrogens with two attached hydrogens (primary N) is 1. The third-order valence-corrected chi connectivity index (χ3v) is 9.65. The first-order valence-electron chi connectivity index (χ1n) is 20.2. The summed E-state index contributed by atoms with van der Waals surface area (Å²) in [6.45, 7) is 3.70. The van der Waals surface area contributed by atoms with Crippen molar-refractivity contribution in [3.63, 3.8) is 0 Å². The second-order valence-electron chi connectivity index (χ2n) is 13.5. The van der Waals surface area contributed by atoms with Crippen LogP contribution >= 0.6 is 7.82 Å². The zero-order valence-electron chi connectivity index (χ0n) is 31.7. The predicted octanol–water partition coefficient (Wildman–Crippen LogP) is 11.1. The van der Waals surface area contributed by atoms with Gasteiger partial charge in [-0.25, -0.2) is 4.57 Å². The van der Waals surface area contributed by atoms with Gasteiger partial charge in [0.1, 0.15) is 6.61 Å². The van der Waals surface area contributed by atoms with Gasteiger partial charge in [0.2, 0.25) is 0 Å². The number of phosphoric acid groups is 1. The van der Waals surface area contributed by atoms with E-state index in [9.17, 15) is 19.0 Å². The van der Waals surface area contributed by atoms with Crippen LogP contribution in [-0.4, -0.2) is 49.3 Å². The molecule has 0 radical (unpaired) electrons. The second kappa shape index (κ2) is 36.5. The molecule has 0 saturated heterocycles. The van der Waals surface area contributed by atoms with Crippen molar-refractivity contribution in [1.29, 1.82) is 0 Å². The minimum Gasteiger partial charge on any atom is -0.462 e. The fourth-order valence-electron chi connectivity index (χ4n) is 5.65. The molecule has 0 aliphatic carbocycles. The number of ether oxygens (including phenoxy) is 2. The number of hydrogen-bond acceptors (Lipinski definition) is 8. The van der Waals surface area contributed by atoms with Crippen LogP contribution in [0.1, 0.15) is 194 Å². The summed E-state index contributed by atoms with van der Waals surface area (Å²) in [6.07, 6.45) is 35.4.